The van der Waals surface area contributed by atoms with E-state index in [2.05, 4.69) is 20.2 Å². The maximum absolute atomic E-state index is 13.2. The number of morpholine rings is 1. The van der Waals surface area contributed by atoms with Crippen molar-refractivity contribution < 1.29 is 13.9 Å². The summed E-state index contributed by atoms with van der Waals surface area (Å²) >= 11 is 0. The van der Waals surface area contributed by atoms with Crippen molar-refractivity contribution in [2.45, 2.75) is 13.0 Å². The summed E-state index contributed by atoms with van der Waals surface area (Å²) in [5.41, 5.74) is 2.00. The zero-order chi connectivity index (χ0) is 17.6. The van der Waals surface area contributed by atoms with Gasteiger partial charge in [-0.3, -0.25) is 14.7 Å². The van der Waals surface area contributed by atoms with Crippen LogP contribution < -0.4 is 5.32 Å². The van der Waals surface area contributed by atoms with Gasteiger partial charge in [-0.1, -0.05) is 12.1 Å². The molecule has 6 nitrogen and oxygen atoms in total. The molecule has 25 heavy (non-hydrogen) atoms. The highest BCUT2D eigenvalue weighted by atomic mass is 19.1. The van der Waals surface area contributed by atoms with Crippen molar-refractivity contribution in [3.8, 4) is 0 Å². The van der Waals surface area contributed by atoms with Crippen molar-refractivity contribution >= 4 is 5.91 Å². The summed E-state index contributed by atoms with van der Waals surface area (Å²) in [5.74, 6) is -0.545. The molecule has 1 fully saturated rings. The van der Waals surface area contributed by atoms with Crippen LogP contribution in [0.4, 0.5) is 4.39 Å². The Kier molecular flexibility index (Phi) is 5.67. The minimum absolute atomic E-state index is 0.0492. The molecule has 7 heteroatoms. The first-order chi connectivity index (χ1) is 12.1. The third-order valence-electron chi connectivity index (χ3n) is 4.21. The summed E-state index contributed by atoms with van der Waals surface area (Å²) in [6.07, 6.45) is 3.03. The Balaban J connectivity index is 1.71. The second kappa shape index (κ2) is 8.13. The van der Waals surface area contributed by atoms with E-state index in [9.17, 15) is 9.18 Å². The van der Waals surface area contributed by atoms with E-state index in [1.807, 2.05) is 6.92 Å². The first kappa shape index (κ1) is 17.4. The number of hydrogen-bond donors (Lipinski definition) is 1. The SMILES string of the molecule is Cc1cnc(C(=O)NCC(c2ccc(F)cc2)N2CCOCC2)cn1. The average molecular weight is 344 g/mol. The van der Waals surface area contributed by atoms with Gasteiger partial charge in [0.2, 0.25) is 0 Å². The summed E-state index contributed by atoms with van der Waals surface area (Å²) in [4.78, 5) is 22.7. The number of benzene rings is 1. The molecule has 1 saturated heterocycles. The van der Waals surface area contributed by atoms with Gasteiger partial charge in [-0.25, -0.2) is 9.37 Å². The fraction of sp³-hybridized carbons (Fsp3) is 0.389. The molecule has 1 aromatic carbocycles. The van der Waals surface area contributed by atoms with Gasteiger partial charge < -0.3 is 10.1 Å². The number of halogens is 1. The van der Waals surface area contributed by atoms with Crippen LogP contribution in [0.25, 0.3) is 0 Å². The minimum atomic E-state index is -0.275. The zero-order valence-corrected chi connectivity index (χ0v) is 14.1. The van der Waals surface area contributed by atoms with Crippen LogP contribution in [0, 0.1) is 12.7 Å². The van der Waals surface area contributed by atoms with Crippen molar-refractivity contribution in [1.82, 2.24) is 20.2 Å². The molecule has 1 aromatic heterocycles. The fourth-order valence-electron chi connectivity index (χ4n) is 2.82. The Morgan fingerprint density at radius 1 is 1.24 bits per heavy atom. The Hall–Kier alpha value is -2.38. The number of carbonyl (C=O) groups excluding carboxylic acids is 1. The van der Waals surface area contributed by atoms with E-state index in [1.165, 1.54) is 18.3 Å². The molecule has 0 spiro atoms. The number of nitrogens with one attached hydrogen (secondary N) is 1. The zero-order valence-electron chi connectivity index (χ0n) is 14.1. The Morgan fingerprint density at radius 2 is 1.96 bits per heavy atom. The summed E-state index contributed by atoms with van der Waals surface area (Å²) in [5, 5.41) is 2.91. The van der Waals surface area contributed by atoms with Crippen LogP contribution in [0.15, 0.2) is 36.7 Å². The Labute approximate surface area is 146 Å². The van der Waals surface area contributed by atoms with Crippen molar-refractivity contribution in [3.63, 3.8) is 0 Å². The standard InChI is InChI=1S/C18H21FN4O2/c1-13-10-21-16(11-20-13)18(24)22-12-17(23-6-8-25-9-7-23)14-2-4-15(19)5-3-14/h2-5,10-11,17H,6-9,12H2,1H3,(H,22,24). The lowest BCUT2D eigenvalue weighted by Gasteiger charge is -2.34. The van der Waals surface area contributed by atoms with Gasteiger partial charge in [-0.15, -0.1) is 0 Å². The van der Waals surface area contributed by atoms with Crippen LogP contribution in [0.5, 0.6) is 0 Å². The molecule has 3 rings (SSSR count). The molecule has 0 aliphatic carbocycles. The van der Waals surface area contributed by atoms with E-state index in [0.717, 1.165) is 24.3 Å². The number of amides is 1. The molecule has 132 valence electrons. The monoisotopic (exact) mass is 344 g/mol. The van der Waals surface area contributed by atoms with Gasteiger partial charge >= 0.3 is 0 Å². The van der Waals surface area contributed by atoms with Crippen molar-refractivity contribution in [2.75, 3.05) is 32.8 Å². The fourth-order valence-corrected chi connectivity index (χ4v) is 2.82. The highest BCUT2D eigenvalue weighted by Crippen LogP contribution is 2.21. The van der Waals surface area contributed by atoms with Crippen LogP contribution >= 0.6 is 0 Å². The van der Waals surface area contributed by atoms with E-state index in [-0.39, 0.29) is 23.5 Å². The van der Waals surface area contributed by atoms with Gasteiger partial charge in [0.15, 0.2) is 0 Å². The normalized spacial score (nSPS) is 16.4. The second-order valence-electron chi connectivity index (χ2n) is 5.97. The van der Waals surface area contributed by atoms with Gasteiger partial charge in [0, 0.05) is 25.8 Å². The molecular weight excluding hydrogens is 323 g/mol. The molecule has 1 unspecified atom stereocenters. The number of hydrogen-bond acceptors (Lipinski definition) is 5. The minimum Gasteiger partial charge on any atom is -0.379 e. The molecule has 0 radical (unpaired) electrons. The Bertz CT molecular complexity index is 700. The summed E-state index contributed by atoms with van der Waals surface area (Å²) < 4.78 is 18.6. The first-order valence-electron chi connectivity index (χ1n) is 8.27. The largest absolute Gasteiger partial charge is 0.379 e. The third kappa shape index (κ3) is 4.58. The van der Waals surface area contributed by atoms with Crippen molar-refractivity contribution in [2.24, 2.45) is 0 Å². The van der Waals surface area contributed by atoms with Crippen LogP contribution in [0.1, 0.15) is 27.8 Å². The lowest BCUT2D eigenvalue weighted by atomic mass is 10.0. The number of ether oxygens (including phenoxy) is 1. The van der Waals surface area contributed by atoms with Gasteiger partial charge in [0.1, 0.15) is 11.5 Å². The van der Waals surface area contributed by atoms with Gasteiger partial charge in [0.05, 0.1) is 31.1 Å². The van der Waals surface area contributed by atoms with Crippen LogP contribution in [-0.2, 0) is 4.74 Å². The number of aromatic nitrogens is 2. The lowest BCUT2D eigenvalue weighted by molar-refractivity contribution is 0.0162. The molecule has 1 N–H and O–H groups in total. The molecular formula is C18H21FN4O2. The van der Waals surface area contributed by atoms with E-state index >= 15 is 0 Å². The van der Waals surface area contributed by atoms with E-state index in [4.69, 9.17) is 4.74 Å². The molecule has 1 aliphatic heterocycles. The highest BCUT2D eigenvalue weighted by molar-refractivity contribution is 5.91. The number of rotatable bonds is 5. The maximum atomic E-state index is 13.2. The second-order valence-corrected chi connectivity index (χ2v) is 5.97. The predicted molar refractivity (Wildman–Crippen MR) is 90.6 cm³/mol. The van der Waals surface area contributed by atoms with E-state index in [0.29, 0.717) is 19.8 Å². The van der Waals surface area contributed by atoms with Crippen LogP contribution in [0.2, 0.25) is 0 Å². The molecule has 1 atom stereocenters. The van der Waals surface area contributed by atoms with Crippen LogP contribution in [0.3, 0.4) is 0 Å². The highest BCUT2D eigenvalue weighted by Gasteiger charge is 2.23. The molecule has 1 amide bonds. The lowest BCUT2D eigenvalue weighted by Crippen LogP contribution is -2.44. The number of carbonyl (C=O) groups is 1. The van der Waals surface area contributed by atoms with Gasteiger partial charge in [-0.05, 0) is 24.6 Å². The molecule has 0 saturated carbocycles. The summed E-state index contributed by atoms with van der Waals surface area (Å²) in [7, 11) is 0. The van der Waals surface area contributed by atoms with Crippen LogP contribution in [-0.4, -0.2) is 53.6 Å². The van der Waals surface area contributed by atoms with E-state index < -0.39 is 0 Å². The smallest absolute Gasteiger partial charge is 0.271 e. The van der Waals surface area contributed by atoms with Gasteiger partial charge in [-0.2, -0.15) is 0 Å². The number of nitrogens with zero attached hydrogens (tertiary/aromatic N) is 3. The topological polar surface area (TPSA) is 67.4 Å². The third-order valence-corrected chi connectivity index (χ3v) is 4.21. The average Bonchev–Trinajstić information content (AvgIpc) is 2.64. The summed E-state index contributed by atoms with van der Waals surface area (Å²) in [6.45, 7) is 5.05. The van der Waals surface area contributed by atoms with Gasteiger partial charge in [0.25, 0.3) is 5.91 Å². The quantitative estimate of drug-likeness (QED) is 0.895. The summed E-state index contributed by atoms with van der Waals surface area (Å²) in [6, 6.07) is 6.35. The molecule has 2 aromatic rings. The molecule has 2 heterocycles. The molecule has 1 aliphatic rings. The van der Waals surface area contributed by atoms with Crippen molar-refractivity contribution in [1.29, 1.82) is 0 Å². The first-order valence-corrected chi connectivity index (χ1v) is 8.27. The Morgan fingerprint density at radius 3 is 2.60 bits per heavy atom. The molecule has 0 bridgehead atoms. The maximum Gasteiger partial charge on any atom is 0.271 e. The number of aryl methyl sites for hydroxylation is 1. The van der Waals surface area contributed by atoms with E-state index in [1.54, 1.807) is 18.3 Å². The predicted octanol–water partition coefficient (Wildman–Crippen LogP) is 1.73. The van der Waals surface area contributed by atoms with Crippen molar-refractivity contribution in [3.05, 3.63) is 59.4 Å².